The Balaban J connectivity index is 2.05. The molecule has 0 amide bonds. The van der Waals surface area contributed by atoms with Gasteiger partial charge in [0.1, 0.15) is 11.6 Å². The summed E-state index contributed by atoms with van der Waals surface area (Å²) in [6, 6.07) is 12.6. The van der Waals surface area contributed by atoms with E-state index in [2.05, 4.69) is 62.1 Å². The average Bonchev–Trinajstić information content (AvgIpc) is 2.80. The fourth-order valence-corrected chi connectivity index (χ4v) is 4.05. The SMILES string of the molecule is CCCCCCCCCOc1ccc(C(=N)N(CCCC)CCCC)c2ccccc12. The van der Waals surface area contributed by atoms with E-state index < -0.39 is 0 Å². The fraction of sp³-hybridized carbons (Fsp3) is 0.607. The molecule has 0 unspecified atom stereocenters. The molecule has 0 radical (unpaired) electrons. The smallest absolute Gasteiger partial charge is 0.128 e. The molecule has 0 atom stereocenters. The zero-order chi connectivity index (χ0) is 22.3. The first-order valence-corrected chi connectivity index (χ1v) is 12.7. The van der Waals surface area contributed by atoms with Crippen LogP contribution in [0, 0.1) is 5.41 Å². The van der Waals surface area contributed by atoms with E-state index in [1.165, 1.54) is 38.5 Å². The van der Waals surface area contributed by atoms with Gasteiger partial charge in [0.15, 0.2) is 0 Å². The van der Waals surface area contributed by atoms with E-state index in [1.807, 2.05) is 0 Å². The zero-order valence-electron chi connectivity index (χ0n) is 20.2. The standard InChI is InChI=1S/C28H44N2O/c1-4-7-10-11-12-13-16-23-31-27-20-19-26(24-17-14-15-18-25(24)27)28(29)30(21-8-5-2)22-9-6-3/h14-15,17-20,29H,4-13,16,21-23H2,1-3H3. The van der Waals surface area contributed by atoms with Crippen LogP contribution in [0.15, 0.2) is 36.4 Å². The van der Waals surface area contributed by atoms with Crippen molar-refractivity contribution in [2.24, 2.45) is 0 Å². The number of benzene rings is 2. The Bertz CT molecular complexity index is 763. The van der Waals surface area contributed by atoms with Gasteiger partial charge in [-0.1, -0.05) is 96.4 Å². The van der Waals surface area contributed by atoms with Gasteiger partial charge in [0.25, 0.3) is 0 Å². The average molecular weight is 425 g/mol. The molecule has 0 saturated heterocycles. The minimum atomic E-state index is 0.650. The number of nitrogens with zero attached hydrogens (tertiary/aromatic N) is 1. The summed E-state index contributed by atoms with van der Waals surface area (Å²) < 4.78 is 6.19. The van der Waals surface area contributed by atoms with Crippen LogP contribution < -0.4 is 4.74 Å². The molecule has 0 spiro atoms. The Hall–Kier alpha value is -2.03. The Labute approximate surface area is 190 Å². The summed E-state index contributed by atoms with van der Waals surface area (Å²) in [5, 5.41) is 11.2. The topological polar surface area (TPSA) is 36.3 Å². The van der Waals surface area contributed by atoms with Crippen molar-refractivity contribution in [3.05, 3.63) is 42.0 Å². The third-order valence-corrected chi connectivity index (χ3v) is 6.02. The van der Waals surface area contributed by atoms with Gasteiger partial charge < -0.3 is 9.64 Å². The zero-order valence-corrected chi connectivity index (χ0v) is 20.2. The molecule has 0 aliphatic carbocycles. The minimum absolute atomic E-state index is 0.650. The first-order valence-electron chi connectivity index (χ1n) is 12.7. The van der Waals surface area contributed by atoms with Gasteiger partial charge in [0.2, 0.25) is 0 Å². The molecule has 2 aromatic carbocycles. The van der Waals surface area contributed by atoms with E-state index in [9.17, 15) is 0 Å². The predicted octanol–water partition coefficient (Wildman–Crippen LogP) is 8.20. The second-order valence-electron chi connectivity index (χ2n) is 8.67. The Morgan fingerprint density at radius 2 is 1.29 bits per heavy atom. The van der Waals surface area contributed by atoms with Crippen LogP contribution in [0.25, 0.3) is 10.8 Å². The molecule has 2 aromatic rings. The molecule has 0 fully saturated rings. The largest absolute Gasteiger partial charge is 0.493 e. The summed E-state index contributed by atoms with van der Waals surface area (Å²) in [6.07, 6.45) is 13.6. The summed E-state index contributed by atoms with van der Waals surface area (Å²) in [5.41, 5.74) is 1.02. The normalized spacial score (nSPS) is 11.1. The second kappa shape index (κ2) is 14.9. The summed E-state index contributed by atoms with van der Waals surface area (Å²) in [6.45, 7) is 9.38. The van der Waals surface area contributed by atoms with E-state index >= 15 is 0 Å². The molecule has 3 heteroatoms. The van der Waals surface area contributed by atoms with Crippen LogP contribution in [0.5, 0.6) is 5.75 Å². The van der Waals surface area contributed by atoms with E-state index in [4.69, 9.17) is 10.1 Å². The number of amidine groups is 1. The van der Waals surface area contributed by atoms with Gasteiger partial charge in [-0.25, -0.2) is 0 Å². The van der Waals surface area contributed by atoms with E-state index in [0.717, 1.165) is 73.9 Å². The van der Waals surface area contributed by atoms with Gasteiger partial charge >= 0.3 is 0 Å². The summed E-state index contributed by atoms with van der Waals surface area (Å²) >= 11 is 0. The van der Waals surface area contributed by atoms with Gasteiger partial charge in [-0.05, 0) is 36.8 Å². The van der Waals surface area contributed by atoms with Crippen LogP contribution in [0.4, 0.5) is 0 Å². The fourth-order valence-electron chi connectivity index (χ4n) is 4.05. The molecule has 172 valence electrons. The minimum Gasteiger partial charge on any atom is -0.493 e. The van der Waals surface area contributed by atoms with Gasteiger partial charge in [-0.3, -0.25) is 5.41 Å². The first kappa shape index (κ1) is 25.2. The molecule has 31 heavy (non-hydrogen) atoms. The number of fused-ring (bicyclic) bond motifs is 1. The third-order valence-electron chi connectivity index (χ3n) is 6.02. The molecular formula is C28H44N2O. The lowest BCUT2D eigenvalue weighted by molar-refractivity contribution is 0.307. The highest BCUT2D eigenvalue weighted by Gasteiger charge is 2.15. The molecule has 0 bridgehead atoms. The van der Waals surface area contributed by atoms with Crippen molar-refractivity contribution in [2.45, 2.75) is 91.4 Å². The lowest BCUT2D eigenvalue weighted by Crippen LogP contribution is -2.33. The highest BCUT2D eigenvalue weighted by Crippen LogP contribution is 2.30. The van der Waals surface area contributed by atoms with Gasteiger partial charge in [-0.2, -0.15) is 0 Å². The van der Waals surface area contributed by atoms with Crippen LogP contribution in [-0.4, -0.2) is 30.4 Å². The van der Waals surface area contributed by atoms with Crippen molar-refractivity contribution >= 4 is 16.6 Å². The van der Waals surface area contributed by atoms with Crippen LogP contribution >= 0.6 is 0 Å². The number of hydrogen-bond donors (Lipinski definition) is 1. The maximum atomic E-state index is 8.94. The lowest BCUT2D eigenvalue weighted by atomic mass is 10.0. The summed E-state index contributed by atoms with van der Waals surface area (Å²) in [5.74, 6) is 1.60. The lowest BCUT2D eigenvalue weighted by Gasteiger charge is -2.26. The molecule has 0 heterocycles. The first-order chi connectivity index (χ1) is 15.2. The molecule has 0 aliphatic rings. The van der Waals surface area contributed by atoms with Gasteiger partial charge in [0, 0.05) is 24.0 Å². The quantitative estimate of drug-likeness (QED) is 0.167. The van der Waals surface area contributed by atoms with Crippen molar-refractivity contribution < 1.29 is 4.74 Å². The van der Waals surface area contributed by atoms with Crippen molar-refractivity contribution in [1.82, 2.24) is 4.90 Å². The Morgan fingerprint density at radius 3 is 1.94 bits per heavy atom. The summed E-state index contributed by atoms with van der Waals surface area (Å²) in [4.78, 5) is 2.26. The van der Waals surface area contributed by atoms with Crippen molar-refractivity contribution in [3.63, 3.8) is 0 Å². The highest BCUT2D eigenvalue weighted by molar-refractivity contribution is 6.09. The highest BCUT2D eigenvalue weighted by atomic mass is 16.5. The van der Waals surface area contributed by atoms with Crippen molar-refractivity contribution in [3.8, 4) is 5.75 Å². The van der Waals surface area contributed by atoms with E-state index in [-0.39, 0.29) is 0 Å². The number of ether oxygens (including phenoxy) is 1. The van der Waals surface area contributed by atoms with E-state index in [0.29, 0.717) is 5.84 Å². The molecule has 3 nitrogen and oxygen atoms in total. The van der Waals surface area contributed by atoms with Crippen LogP contribution in [0.2, 0.25) is 0 Å². The summed E-state index contributed by atoms with van der Waals surface area (Å²) in [7, 11) is 0. The maximum absolute atomic E-state index is 8.94. The molecule has 0 aliphatic heterocycles. The molecule has 0 saturated carbocycles. The molecular weight excluding hydrogens is 380 g/mol. The third kappa shape index (κ3) is 8.20. The van der Waals surface area contributed by atoms with E-state index in [1.54, 1.807) is 0 Å². The van der Waals surface area contributed by atoms with Crippen molar-refractivity contribution in [2.75, 3.05) is 19.7 Å². The van der Waals surface area contributed by atoms with Gasteiger partial charge in [0.05, 0.1) is 6.61 Å². The Kier molecular flexibility index (Phi) is 12.1. The van der Waals surface area contributed by atoms with Crippen molar-refractivity contribution in [1.29, 1.82) is 5.41 Å². The number of rotatable bonds is 16. The predicted molar refractivity (Wildman–Crippen MR) is 136 cm³/mol. The van der Waals surface area contributed by atoms with Crippen LogP contribution in [-0.2, 0) is 0 Å². The Morgan fingerprint density at radius 1 is 0.710 bits per heavy atom. The molecule has 1 N–H and O–H groups in total. The maximum Gasteiger partial charge on any atom is 0.128 e. The molecule has 0 aromatic heterocycles. The second-order valence-corrected chi connectivity index (χ2v) is 8.67. The van der Waals surface area contributed by atoms with Crippen LogP contribution in [0.1, 0.15) is 97.0 Å². The van der Waals surface area contributed by atoms with Crippen LogP contribution in [0.3, 0.4) is 0 Å². The monoisotopic (exact) mass is 424 g/mol. The number of hydrogen-bond acceptors (Lipinski definition) is 2. The molecule has 2 rings (SSSR count). The number of unbranched alkanes of at least 4 members (excludes halogenated alkanes) is 8. The number of nitrogens with one attached hydrogen (secondary N) is 1. The van der Waals surface area contributed by atoms with Gasteiger partial charge in [-0.15, -0.1) is 0 Å².